The van der Waals surface area contributed by atoms with Crippen LogP contribution in [0.5, 0.6) is 5.75 Å². The molecule has 0 bridgehead atoms. The van der Waals surface area contributed by atoms with Crippen molar-refractivity contribution in [3.05, 3.63) is 53.1 Å². The highest BCUT2D eigenvalue weighted by molar-refractivity contribution is 7.92. The van der Waals surface area contributed by atoms with Crippen molar-refractivity contribution in [3.8, 4) is 5.75 Å². The fourth-order valence-electron chi connectivity index (χ4n) is 2.71. The van der Waals surface area contributed by atoms with Gasteiger partial charge in [0.05, 0.1) is 17.1 Å². The predicted molar refractivity (Wildman–Crippen MR) is 100 cm³/mol. The zero-order valence-corrected chi connectivity index (χ0v) is 16.2. The predicted octanol–water partition coefficient (Wildman–Crippen LogP) is 2.69. The van der Waals surface area contributed by atoms with E-state index in [1.165, 1.54) is 15.3 Å². The Bertz CT molecular complexity index is 942. The summed E-state index contributed by atoms with van der Waals surface area (Å²) in [6.45, 7) is 1.76. The zero-order chi connectivity index (χ0) is 19.1. The normalized spacial score (nSPS) is 16.6. The van der Waals surface area contributed by atoms with Gasteiger partial charge >= 0.3 is 0 Å². The second kappa shape index (κ2) is 6.81. The van der Waals surface area contributed by atoms with Crippen LogP contribution in [0, 0.1) is 6.92 Å². The lowest BCUT2D eigenvalue weighted by Gasteiger charge is -2.35. The van der Waals surface area contributed by atoms with Crippen molar-refractivity contribution >= 4 is 33.2 Å². The van der Waals surface area contributed by atoms with E-state index >= 15 is 0 Å². The molecule has 138 valence electrons. The van der Waals surface area contributed by atoms with Gasteiger partial charge in [0.25, 0.3) is 15.9 Å². The van der Waals surface area contributed by atoms with E-state index in [4.69, 9.17) is 16.3 Å². The highest BCUT2D eigenvalue weighted by Gasteiger charge is 2.38. The molecule has 1 aliphatic rings. The fraction of sp³-hybridized carbons (Fsp3) is 0.278. The van der Waals surface area contributed by atoms with Gasteiger partial charge in [-0.05, 0) is 37.3 Å². The number of amides is 1. The molecule has 2 aromatic rings. The van der Waals surface area contributed by atoms with Gasteiger partial charge in [0, 0.05) is 19.1 Å². The van der Waals surface area contributed by atoms with Gasteiger partial charge < -0.3 is 9.64 Å². The van der Waals surface area contributed by atoms with E-state index in [2.05, 4.69) is 0 Å². The fourth-order valence-corrected chi connectivity index (χ4v) is 4.34. The summed E-state index contributed by atoms with van der Waals surface area (Å²) in [5.41, 5.74) is 1.27. The number of aryl methyl sites for hydroxylation is 1. The number of rotatable bonds is 3. The van der Waals surface area contributed by atoms with E-state index in [0.29, 0.717) is 16.5 Å². The summed E-state index contributed by atoms with van der Waals surface area (Å²) in [5, 5.41) is 0.383. The zero-order valence-electron chi connectivity index (χ0n) is 14.6. The third-order valence-electron chi connectivity index (χ3n) is 4.12. The van der Waals surface area contributed by atoms with Gasteiger partial charge in [-0.1, -0.05) is 29.3 Å². The molecule has 2 aromatic carbocycles. The minimum Gasteiger partial charge on any atom is -0.476 e. The first-order valence-electron chi connectivity index (χ1n) is 7.97. The second-order valence-electron chi connectivity index (χ2n) is 6.30. The van der Waals surface area contributed by atoms with Crippen LogP contribution < -0.4 is 9.04 Å². The first-order valence-corrected chi connectivity index (χ1v) is 9.79. The molecule has 0 fully saturated rings. The van der Waals surface area contributed by atoms with Crippen LogP contribution in [0.3, 0.4) is 0 Å². The molecule has 0 aliphatic carbocycles. The Morgan fingerprint density at radius 2 is 1.85 bits per heavy atom. The maximum absolute atomic E-state index is 13.2. The average molecular weight is 395 g/mol. The van der Waals surface area contributed by atoms with Crippen molar-refractivity contribution in [3.63, 3.8) is 0 Å². The van der Waals surface area contributed by atoms with E-state index in [9.17, 15) is 13.2 Å². The number of carbonyl (C=O) groups is 1. The number of sulfonamides is 1. The van der Waals surface area contributed by atoms with Gasteiger partial charge in [-0.15, -0.1) is 0 Å². The molecular formula is C18H19ClN2O4S. The largest absolute Gasteiger partial charge is 0.476 e. The molecule has 3 rings (SSSR count). The van der Waals surface area contributed by atoms with Gasteiger partial charge in [-0.2, -0.15) is 0 Å². The standard InChI is InChI=1S/C18H19ClN2O4S/c1-12-4-7-14(8-5-12)26(23,24)21-11-17(18(22)20(2)3)25-16-9-6-13(19)10-15(16)21/h4-10,17H,11H2,1-3H3/t17-/m1/s1. The maximum Gasteiger partial charge on any atom is 0.265 e. The highest BCUT2D eigenvalue weighted by Crippen LogP contribution is 2.39. The van der Waals surface area contributed by atoms with Crippen LogP contribution in [0.25, 0.3) is 0 Å². The van der Waals surface area contributed by atoms with Crippen LogP contribution >= 0.6 is 11.6 Å². The van der Waals surface area contributed by atoms with Crippen LogP contribution in [0.2, 0.25) is 5.02 Å². The maximum atomic E-state index is 13.2. The van der Waals surface area contributed by atoms with E-state index in [0.717, 1.165) is 5.56 Å². The molecule has 0 unspecified atom stereocenters. The number of carbonyl (C=O) groups excluding carboxylic acids is 1. The van der Waals surface area contributed by atoms with Gasteiger partial charge in [0.1, 0.15) is 5.75 Å². The number of benzene rings is 2. The number of hydrogen-bond acceptors (Lipinski definition) is 4. The van der Waals surface area contributed by atoms with Crippen molar-refractivity contribution in [1.82, 2.24) is 4.90 Å². The molecule has 26 heavy (non-hydrogen) atoms. The molecule has 0 saturated heterocycles. The van der Waals surface area contributed by atoms with Crippen molar-refractivity contribution in [2.75, 3.05) is 24.9 Å². The van der Waals surface area contributed by atoms with Crippen LogP contribution in [0.1, 0.15) is 5.56 Å². The number of ether oxygens (including phenoxy) is 1. The van der Waals surface area contributed by atoms with E-state index in [-0.39, 0.29) is 17.3 Å². The Morgan fingerprint density at radius 3 is 2.46 bits per heavy atom. The van der Waals surface area contributed by atoms with E-state index < -0.39 is 16.1 Å². The average Bonchev–Trinajstić information content (AvgIpc) is 2.60. The number of likely N-dealkylation sites (N-methyl/N-ethyl adjacent to an activating group) is 1. The van der Waals surface area contributed by atoms with Crippen LogP contribution in [-0.2, 0) is 14.8 Å². The summed E-state index contributed by atoms with van der Waals surface area (Å²) < 4.78 is 33.3. The smallest absolute Gasteiger partial charge is 0.265 e. The summed E-state index contributed by atoms with van der Waals surface area (Å²) in [4.78, 5) is 13.9. The summed E-state index contributed by atoms with van der Waals surface area (Å²) in [6.07, 6.45) is -0.932. The number of anilines is 1. The van der Waals surface area contributed by atoms with Crippen LogP contribution in [0.4, 0.5) is 5.69 Å². The first-order chi connectivity index (χ1) is 12.2. The number of hydrogen-bond donors (Lipinski definition) is 0. The minimum atomic E-state index is -3.88. The monoisotopic (exact) mass is 394 g/mol. The lowest BCUT2D eigenvalue weighted by atomic mass is 10.2. The Morgan fingerprint density at radius 1 is 1.19 bits per heavy atom. The topological polar surface area (TPSA) is 66.9 Å². The van der Waals surface area contributed by atoms with Gasteiger partial charge in [-0.25, -0.2) is 8.42 Å². The van der Waals surface area contributed by atoms with E-state index in [1.54, 1.807) is 50.5 Å². The second-order valence-corrected chi connectivity index (χ2v) is 8.60. The highest BCUT2D eigenvalue weighted by atomic mass is 35.5. The third-order valence-corrected chi connectivity index (χ3v) is 6.14. The summed E-state index contributed by atoms with van der Waals surface area (Å²) in [6, 6.07) is 11.3. The molecule has 0 N–H and O–H groups in total. The van der Waals surface area contributed by atoms with Crippen molar-refractivity contribution in [1.29, 1.82) is 0 Å². The number of nitrogens with zero attached hydrogens (tertiary/aromatic N) is 2. The molecule has 0 radical (unpaired) electrons. The Labute approximate surface area is 158 Å². The summed E-state index contributed by atoms with van der Waals surface area (Å²) in [7, 11) is -0.679. The Kier molecular flexibility index (Phi) is 4.86. The van der Waals surface area contributed by atoms with Gasteiger partial charge in [0.15, 0.2) is 6.10 Å². The quantitative estimate of drug-likeness (QED) is 0.802. The lowest BCUT2D eigenvalue weighted by Crippen LogP contribution is -2.50. The third kappa shape index (κ3) is 3.37. The molecule has 1 atom stereocenters. The molecule has 6 nitrogen and oxygen atoms in total. The van der Waals surface area contributed by atoms with Gasteiger partial charge in [0.2, 0.25) is 0 Å². The van der Waals surface area contributed by atoms with Crippen LogP contribution in [-0.4, -0.2) is 46.0 Å². The minimum absolute atomic E-state index is 0.124. The molecule has 0 aromatic heterocycles. The first kappa shape index (κ1) is 18.5. The summed E-state index contributed by atoms with van der Waals surface area (Å²) in [5.74, 6) is -0.00811. The van der Waals surface area contributed by atoms with Crippen molar-refractivity contribution in [2.24, 2.45) is 0 Å². The number of fused-ring (bicyclic) bond motifs is 1. The lowest BCUT2D eigenvalue weighted by molar-refractivity contribution is -0.135. The van der Waals surface area contributed by atoms with Gasteiger partial charge in [-0.3, -0.25) is 9.10 Å². The molecule has 1 heterocycles. The van der Waals surface area contributed by atoms with Crippen LogP contribution in [0.15, 0.2) is 47.4 Å². The Hall–Kier alpha value is -2.25. The number of halogens is 1. The SMILES string of the molecule is Cc1ccc(S(=O)(=O)N2C[C@H](C(=O)N(C)C)Oc3ccc(Cl)cc32)cc1. The molecule has 0 spiro atoms. The molecular weight excluding hydrogens is 376 g/mol. The summed E-state index contributed by atoms with van der Waals surface area (Å²) >= 11 is 6.06. The molecule has 1 amide bonds. The molecule has 8 heteroatoms. The van der Waals surface area contributed by atoms with Crippen molar-refractivity contribution < 1.29 is 17.9 Å². The molecule has 0 saturated carbocycles. The van der Waals surface area contributed by atoms with Crippen molar-refractivity contribution in [2.45, 2.75) is 17.9 Å². The Balaban J connectivity index is 2.10. The molecule has 1 aliphatic heterocycles. The van der Waals surface area contributed by atoms with E-state index in [1.807, 2.05) is 6.92 Å².